The van der Waals surface area contributed by atoms with Gasteiger partial charge in [0.2, 0.25) is 0 Å². The summed E-state index contributed by atoms with van der Waals surface area (Å²) in [7, 11) is 0. The molecule has 0 fully saturated rings. The van der Waals surface area contributed by atoms with Crippen LogP contribution >= 0.6 is 0 Å². The average molecular weight is 281 g/mol. The lowest BCUT2D eigenvalue weighted by Gasteiger charge is -2.04. The molecule has 1 rings (SSSR count). The number of aliphatic carboxylic acids is 3. The minimum absolute atomic E-state index is 0.385. The van der Waals surface area contributed by atoms with Crippen LogP contribution in [0, 0.1) is 0 Å². The quantitative estimate of drug-likeness (QED) is 0.571. The molecular weight excluding hydrogens is 266 g/mol. The van der Waals surface area contributed by atoms with Gasteiger partial charge in [-0.25, -0.2) is 9.59 Å². The van der Waals surface area contributed by atoms with Crippen LogP contribution in [0.4, 0.5) is 0 Å². The zero-order valence-corrected chi connectivity index (χ0v) is 10.5. The molecule has 0 aliphatic heterocycles. The third-order valence-electron chi connectivity index (χ3n) is 1.98. The number of benzene rings is 1. The second kappa shape index (κ2) is 9.29. The summed E-state index contributed by atoms with van der Waals surface area (Å²) in [6, 6.07) is 8.54. The van der Waals surface area contributed by atoms with Crippen LogP contribution in [0.2, 0.25) is 0 Å². The van der Waals surface area contributed by atoms with Crippen molar-refractivity contribution in [3.63, 3.8) is 0 Å². The topological polar surface area (TPSA) is 138 Å². The molecule has 1 aromatic rings. The largest absolute Gasteiger partial charge is 0.480 e. The molecule has 0 heterocycles. The van der Waals surface area contributed by atoms with Crippen molar-refractivity contribution >= 4 is 17.9 Å². The van der Waals surface area contributed by atoms with E-state index in [9.17, 15) is 14.4 Å². The zero-order valence-electron chi connectivity index (χ0n) is 10.5. The van der Waals surface area contributed by atoms with Gasteiger partial charge in [-0.2, -0.15) is 0 Å². The second-order valence-corrected chi connectivity index (χ2v) is 3.64. The Balaban J connectivity index is 0.000000396. The van der Waals surface area contributed by atoms with E-state index in [1.165, 1.54) is 0 Å². The lowest BCUT2D eigenvalue weighted by atomic mass is 10.1. The van der Waals surface area contributed by atoms with Crippen LogP contribution in [-0.4, -0.2) is 39.3 Å². The zero-order chi connectivity index (χ0) is 15.5. The summed E-state index contributed by atoms with van der Waals surface area (Å²) < 4.78 is 0. The van der Waals surface area contributed by atoms with Gasteiger partial charge in [0, 0.05) is 12.2 Å². The van der Waals surface area contributed by atoms with Crippen molar-refractivity contribution in [1.29, 1.82) is 0 Å². The fraction of sp³-hybridized carbons (Fsp3) is 0.154. The SMILES string of the molecule is NC(Cc1ccccc1)C(=O)O.O=C(O)/C=C/C(=O)O. The van der Waals surface area contributed by atoms with Crippen LogP contribution in [0.1, 0.15) is 5.56 Å². The number of rotatable bonds is 5. The highest BCUT2D eigenvalue weighted by Crippen LogP contribution is 2.01. The molecule has 5 N–H and O–H groups in total. The van der Waals surface area contributed by atoms with Crippen molar-refractivity contribution in [3.05, 3.63) is 48.0 Å². The third kappa shape index (κ3) is 9.37. The van der Waals surface area contributed by atoms with Gasteiger partial charge in [-0.3, -0.25) is 4.79 Å². The number of hydrogen-bond acceptors (Lipinski definition) is 4. The van der Waals surface area contributed by atoms with Crippen molar-refractivity contribution < 1.29 is 29.7 Å². The van der Waals surface area contributed by atoms with Crippen LogP contribution < -0.4 is 5.73 Å². The van der Waals surface area contributed by atoms with Gasteiger partial charge in [0.25, 0.3) is 0 Å². The van der Waals surface area contributed by atoms with Crippen LogP contribution in [0.5, 0.6) is 0 Å². The molecule has 0 aliphatic rings. The normalized spacial score (nSPS) is 11.2. The Labute approximate surface area is 115 Å². The van der Waals surface area contributed by atoms with E-state index in [1.54, 1.807) is 0 Å². The number of carbonyl (C=O) groups is 3. The minimum Gasteiger partial charge on any atom is -0.480 e. The molecule has 0 saturated carbocycles. The Morgan fingerprint density at radius 1 is 1.00 bits per heavy atom. The first-order valence-corrected chi connectivity index (χ1v) is 5.49. The maximum atomic E-state index is 10.4. The molecule has 0 amide bonds. The van der Waals surface area contributed by atoms with Gasteiger partial charge in [-0.05, 0) is 12.0 Å². The molecule has 7 heteroatoms. The van der Waals surface area contributed by atoms with E-state index in [-0.39, 0.29) is 0 Å². The van der Waals surface area contributed by atoms with Gasteiger partial charge in [0.15, 0.2) is 0 Å². The second-order valence-electron chi connectivity index (χ2n) is 3.64. The summed E-state index contributed by atoms with van der Waals surface area (Å²) in [5, 5.41) is 24.1. The van der Waals surface area contributed by atoms with Crippen LogP contribution in [0.25, 0.3) is 0 Å². The summed E-state index contributed by atoms with van der Waals surface area (Å²) in [5.41, 5.74) is 6.30. The van der Waals surface area contributed by atoms with E-state index in [2.05, 4.69) is 0 Å². The van der Waals surface area contributed by atoms with Crippen molar-refractivity contribution in [1.82, 2.24) is 0 Å². The molecule has 0 spiro atoms. The monoisotopic (exact) mass is 281 g/mol. The molecule has 0 saturated heterocycles. The Morgan fingerprint density at radius 3 is 1.80 bits per heavy atom. The summed E-state index contributed by atoms with van der Waals surface area (Å²) >= 11 is 0. The maximum Gasteiger partial charge on any atom is 0.328 e. The molecule has 0 radical (unpaired) electrons. The van der Waals surface area contributed by atoms with Gasteiger partial charge >= 0.3 is 17.9 Å². The first-order valence-electron chi connectivity index (χ1n) is 5.49. The minimum atomic E-state index is -1.26. The summed E-state index contributed by atoms with van der Waals surface area (Å²) in [6.07, 6.45) is 1.50. The first-order chi connectivity index (χ1) is 9.32. The van der Waals surface area contributed by atoms with E-state index in [4.69, 9.17) is 21.1 Å². The standard InChI is InChI=1S/C9H11NO2.C4H4O4/c10-8(9(11)12)6-7-4-2-1-3-5-7;5-3(6)1-2-4(7)8/h1-5,8H,6,10H2,(H,11,12);1-2H,(H,5,6)(H,7,8)/b;2-1+. The van der Waals surface area contributed by atoms with Gasteiger partial charge < -0.3 is 21.1 Å². The Hall–Kier alpha value is -2.67. The summed E-state index contributed by atoms with van der Waals surface area (Å²) in [6.45, 7) is 0. The predicted molar refractivity (Wildman–Crippen MR) is 70.2 cm³/mol. The summed E-state index contributed by atoms with van der Waals surface area (Å²) in [4.78, 5) is 29.5. The predicted octanol–water partition coefficient (Wildman–Crippen LogP) is 0.353. The fourth-order valence-electron chi connectivity index (χ4n) is 1.10. The van der Waals surface area contributed by atoms with Gasteiger partial charge in [-0.15, -0.1) is 0 Å². The summed E-state index contributed by atoms with van der Waals surface area (Å²) in [5.74, 6) is -3.47. The molecule has 108 valence electrons. The molecule has 1 aromatic carbocycles. The van der Waals surface area contributed by atoms with E-state index < -0.39 is 23.9 Å². The highest BCUT2D eigenvalue weighted by Gasteiger charge is 2.10. The smallest absolute Gasteiger partial charge is 0.328 e. The van der Waals surface area contributed by atoms with E-state index in [0.717, 1.165) is 5.56 Å². The lowest BCUT2D eigenvalue weighted by molar-refractivity contribution is -0.138. The third-order valence-corrected chi connectivity index (χ3v) is 1.98. The molecule has 7 nitrogen and oxygen atoms in total. The molecule has 0 aliphatic carbocycles. The van der Waals surface area contributed by atoms with E-state index in [0.29, 0.717) is 18.6 Å². The molecule has 0 aromatic heterocycles. The van der Waals surface area contributed by atoms with E-state index >= 15 is 0 Å². The Kier molecular flexibility index (Phi) is 8.05. The van der Waals surface area contributed by atoms with Crippen LogP contribution in [-0.2, 0) is 20.8 Å². The Bertz CT molecular complexity index is 467. The van der Waals surface area contributed by atoms with Crippen molar-refractivity contribution in [2.45, 2.75) is 12.5 Å². The number of carboxylic acid groups (broad SMARTS) is 3. The molecule has 1 unspecified atom stereocenters. The highest BCUT2D eigenvalue weighted by atomic mass is 16.4. The molecule has 0 bridgehead atoms. The molecule has 20 heavy (non-hydrogen) atoms. The molecular formula is C13H15NO6. The maximum absolute atomic E-state index is 10.4. The number of hydrogen-bond donors (Lipinski definition) is 4. The number of nitrogens with two attached hydrogens (primary N) is 1. The first kappa shape index (κ1) is 17.3. The lowest BCUT2D eigenvalue weighted by Crippen LogP contribution is -2.32. The Morgan fingerprint density at radius 2 is 1.45 bits per heavy atom. The van der Waals surface area contributed by atoms with Gasteiger partial charge in [0.05, 0.1) is 0 Å². The van der Waals surface area contributed by atoms with Gasteiger partial charge in [0.1, 0.15) is 6.04 Å². The van der Waals surface area contributed by atoms with Crippen molar-refractivity contribution in [3.8, 4) is 0 Å². The highest BCUT2D eigenvalue weighted by molar-refractivity contribution is 5.89. The van der Waals surface area contributed by atoms with Crippen LogP contribution in [0.3, 0.4) is 0 Å². The fourth-order valence-corrected chi connectivity index (χ4v) is 1.10. The molecule has 1 atom stereocenters. The van der Waals surface area contributed by atoms with Crippen molar-refractivity contribution in [2.24, 2.45) is 5.73 Å². The van der Waals surface area contributed by atoms with E-state index in [1.807, 2.05) is 30.3 Å². The number of carboxylic acids is 3. The van der Waals surface area contributed by atoms with Crippen LogP contribution in [0.15, 0.2) is 42.5 Å². The average Bonchev–Trinajstić information content (AvgIpc) is 2.38. The van der Waals surface area contributed by atoms with Gasteiger partial charge in [-0.1, -0.05) is 30.3 Å². The van der Waals surface area contributed by atoms with Crippen molar-refractivity contribution in [2.75, 3.05) is 0 Å².